The average Bonchev–Trinajstić information content (AvgIpc) is 2.59. The van der Waals surface area contributed by atoms with E-state index in [-0.39, 0.29) is 0 Å². The molecule has 0 atom stereocenters. The van der Waals surface area contributed by atoms with Crippen molar-refractivity contribution in [2.75, 3.05) is 14.2 Å². The first-order chi connectivity index (χ1) is 10.7. The van der Waals surface area contributed by atoms with Gasteiger partial charge in [0.1, 0.15) is 11.3 Å². The highest BCUT2D eigenvalue weighted by molar-refractivity contribution is 9.08. The summed E-state index contributed by atoms with van der Waals surface area (Å²) < 4.78 is 9.93. The normalized spacial score (nSPS) is 9.59. The summed E-state index contributed by atoms with van der Waals surface area (Å²) in [7, 11) is 2.85. The maximum absolute atomic E-state index is 11.6. The Morgan fingerprint density at radius 1 is 1.05 bits per heavy atom. The second-order valence-electron chi connectivity index (χ2n) is 4.49. The summed E-state index contributed by atoms with van der Waals surface area (Å²) in [5.74, 6) is 6.18. The van der Waals surface area contributed by atoms with Gasteiger partial charge in [-0.1, -0.05) is 39.9 Å². The number of hydrogen-bond donors (Lipinski definition) is 0. The molecule has 0 aliphatic rings. The SMILES string of the molecule is COC(=O)c1ccc(C#Cc2ccc(CBr)cc2)cc1OC. The highest BCUT2D eigenvalue weighted by atomic mass is 79.9. The predicted molar refractivity (Wildman–Crippen MR) is 89.4 cm³/mol. The van der Waals surface area contributed by atoms with Crippen molar-refractivity contribution < 1.29 is 14.3 Å². The van der Waals surface area contributed by atoms with Crippen LogP contribution in [-0.4, -0.2) is 20.2 Å². The molecular weight excluding hydrogens is 344 g/mol. The molecule has 0 heterocycles. The third kappa shape index (κ3) is 3.90. The molecule has 112 valence electrons. The third-order valence-electron chi connectivity index (χ3n) is 3.07. The minimum absolute atomic E-state index is 0.386. The number of esters is 1. The van der Waals surface area contributed by atoms with E-state index < -0.39 is 5.97 Å². The van der Waals surface area contributed by atoms with Crippen molar-refractivity contribution in [3.8, 4) is 17.6 Å². The van der Waals surface area contributed by atoms with Gasteiger partial charge in [0.25, 0.3) is 0 Å². The summed E-state index contributed by atoms with van der Waals surface area (Å²) in [5, 5.41) is 0.826. The van der Waals surface area contributed by atoms with Gasteiger partial charge in [0.15, 0.2) is 0 Å². The number of carbonyl (C=O) groups excluding carboxylic acids is 1. The van der Waals surface area contributed by atoms with Crippen LogP contribution in [0, 0.1) is 11.8 Å². The van der Waals surface area contributed by atoms with Gasteiger partial charge in [-0.2, -0.15) is 0 Å². The maximum Gasteiger partial charge on any atom is 0.341 e. The molecule has 0 saturated carbocycles. The number of carbonyl (C=O) groups is 1. The lowest BCUT2D eigenvalue weighted by Crippen LogP contribution is -2.04. The van der Waals surface area contributed by atoms with Crippen LogP contribution in [0.15, 0.2) is 42.5 Å². The van der Waals surface area contributed by atoms with Gasteiger partial charge in [-0.25, -0.2) is 4.79 Å². The minimum atomic E-state index is -0.429. The highest BCUT2D eigenvalue weighted by Gasteiger charge is 2.12. The lowest BCUT2D eigenvalue weighted by atomic mass is 10.1. The number of methoxy groups -OCH3 is 2. The van der Waals surface area contributed by atoms with Crippen LogP contribution in [0.5, 0.6) is 5.75 Å². The maximum atomic E-state index is 11.6. The summed E-state index contributed by atoms with van der Waals surface area (Å²) in [4.78, 5) is 11.6. The van der Waals surface area contributed by atoms with E-state index in [1.54, 1.807) is 18.2 Å². The molecule has 2 aromatic rings. The number of alkyl halides is 1. The van der Waals surface area contributed by atoms with E-state index in [0.29, 0.717) is 11.3 Å². The second kappa shape index (κ2) is 7.67. The van der Waals surface area contributed by atoms with Gasteiger partial charge < -0.3 is 9.47 Å². The van der Waals surface area contributed by atoms with Crippen LogP contribution in [0.3, 0.4) is 0 Å². The molecule has 0 N–H and O–H groups in total. The molecule has 0 saturated heterocycles. The first-order valence-corrected chi connectivity index (χ1v) is 7.73. The summed E-state index contributed by atoms with van der Waals surface area (Å²) in [6.07, 6.45) is 0. The fourth-order valence-electron chi connectivity index (χ4n) is 1.87. The summed E-state index contributed by atoms with van der Waals surface area (Å²) in [6.45, 7) is 0. The summed E-state index contributed by atoms with van der Waals surface area (Å²) >= 11 is 3.41. The van der Waals surface area contributed by atoms with Gasteiger partial charge in [-0.15, -0.1) is 0 Å². The Balaban J connectivity index is 2.26. The fourth-order valence-corrected chi connectivity index (χ4v) is 2.24. The van der Waals surface area contributed by atoms with E-state index in [1.165, 1.54) is 19.8 Å². The Labute approximate surface area is 138 Å². The van der Waals surface area contributed by atoms with E-state index in [0.717, 1.165) is 16.5 Å². The number of rotatable bonds is 3. The molecule has 4 heteroatoms. The molecule has 0 amide bonds. The Morgan fingerprint density at radius 3 is 2.27 bits per heavy atom. The molecular formula is C18H15BrO3. The molecule has 2 rings (SSSR count). The topological polar surface area (TPSA) is 35.5 Å². The van der Waals surface area contributed by atoms with Crippen molar-refractivity contribution >= 4 is 21.9 Å². The molecule has 22 heavy (non-hydrogen) atoms. The van der Waals surface area contributed by atoms with Crippen molar-refractivity contribution in [2.24, 2.45) is 0 Å². The monoisotopic (exact) mass is 358 g/mol. The third-order valence-corrected chi connectivity index (χ3v) is 3.71. The van der Waals surface area contributed by atoms with Crippen molar-refractivity contribution in [1.29, 1.82) is 0 Å². The van der Waals surface area contributed by atoms with E-state index in [4.69, 9.17) is 9.47 Å². The Kier molecular flexibility index (Phi) is 5.62. The minimum Gasteiger partial charge on any atom is -0.496 e. The average molecular weight is 359 g/mol. The zero-order valence-electron chi connectivity index (χ0n) is 12.4. The van der Waals surface area contributed by atoms with Gasteiger partial charge in [-0.3, -0.25) is 0 Å². The van der Waals surface area contributed by atoms with Crippen LogP contribution < -0.4 is 4.74 Å². The molecule has 3 nitrogen and oxygen atoms in total. The number of hydrogen-bond acceptors (Lipinski definition) is 3. The van der Waals surface area contributed by atoms with Crippen LogP contribution >= 0.6 is 15.9 Å². The number of benzene rings is 2. The molecule has 0 aromatic heterocycles. The lowest BCUT2D eigenvalue weighted by molar-refractivity contribution is 0.0597. The van der Waals surface area contributed by atoms with Crippen LogP contribution in [0.25, 0.3) is 0 Å². The van der Waals surface area contributed by atoms with Crippen LogP contribution in [0.4, 0.5) is 0 Å². The van der Waals surface area contributed by atoms with Crippen LogP contribution in [0.1, 0.15) is 27.0 Å². The van der Waals surface area contributed by atoms with Gasteiger partial charge in [0, 0.05) is 16.5 Å². The fraction of sp³-hybridized carbons (Fsp3) is 0.167. The van der Waals surface area contributed by atoms with Crippen molar-refractivity contribution in [1.82, 2.24) is 0 Å². The van der Waals surface area contributed by atoms with Crippen molar-refractivity contribution in [2.45, 2.75) is 5.33 Å². The van der Waals surface area contributed by atoms with Gasteiger partial charge in [-0.05, 0) is 35.9 Å². The zero-order chi connectivity index (χ0) is 15.9. The second-order valence-corrected chi connectivity index (χ2v) is 5.05. The zero-order valence-corrected chi connectivity index (χ0v) is 13.9. The van der Waals surface area contributed by atoms with Crippen LogP contribution in [-0.2, 0) is 10.1 Å². The predicted octanol–water partition coefficient (Wildman–Crippen LogP) is 3.78. The van der Waals surface area contributed by atoms with E-state index >= 15 is 0 Å². The summed E-state index contributed by atoms with van der Waals surface area (Å²) in [5.41, 5.74) is 3.29. The number of halogens is 1. The van der Waals surface area contributed by atoms with E-state index in [2.05, 4.69) is 27.8 Å². The standard InChI is InChI=1S/C18H15BrO3/c1-21-17-11-14(9-10-16(17)18(20)22-2)6-3-13-4-7-15(12-19)8-5-13/h4-5,7-11H,12H2,1-2H3. The molecule has 0 fully saturated rings. The quantitative estimate of drug-likeness (QED) is 0.475. The molecule has 0 aliphatic heterocycles. The Bertz CT molecular complexity index is 724. The van der Waals surface area contributed by atoms with Gasteiger partial charge in [0.05, 0.1) is 14.2 Å². The molecule has 0 radical (unpaired) electrons. The van der Waals surface area contributed by atoms with E-state index in [1.807, 2.05) is 24.3 Å². The van der Waals surface area contributed by atoms with E-state index in [9.17, 15) is 4.79 Å². The van der Waals surface area contributed by atoms with Crippen molar-refractivity contribution in [3.05, 3.63) is 64.7 Å². The smallest absolute Gasteiger partial charge is 0.341 e. The Morgan fingerprint density at radius 2 is 1.68 bits per heavy atom. The van der Waals surface area contributed by atoms with Gasteiger partial charge >= 0.3 is 5.97 Å². The Hall–Kier alpha value is -2.25. The first-order valence-electron chi connectivity index (χ1n) is 6.61. The molecule has 0 bridgehead atoms. The highest BCUT2D eigenvalue weighted by Crippen LogP contribution is 2.20. The summed E-state index contributed by atoms with van der Waals surface area (Å²) in [6, 6.07) is 13.2. The lowest BCUT2D eigenvalue weighted by Gasteiger charge is -2.06. The molecule has 2 aromatic carbocycles. The van der Waals surface area contributed by atoms with Gasteiger partial charge in [0.2, 0.25) is 0 Å². The number of ether oxygens (including phenoxy) is 2. The largest absolute Gasteiger partial charge is 0.496 e. The van der Waals surface area contributed by atoms with Crippen molar-refractivity contribution in [3.63, 3.8) is 0 Å². The van der Waals surface area contributed by atoms with Crippen LogP contribution in [0.2, 0.25) is 0 Å². The molecule has 0 unspecified atom stereocenters. The molecule has 0 spiro atoms. The first kappa shape index (κ1) is 16.1. The molecule has 0 aliphatic carbocycles.